The molecule has 0 aliphatic rings. The number of esters is 1. The number of hydrogen-bond donors (Lipinski definition) is 2. The number of halogens is 3. The minimum Gasteiger partial charge on any atom is -0.508 e. The maximum Gasteiger partial charge on any atom is 0.416 e. The van der Waals surface area contributed by atoms with Crippen molar-refractivity contribution in [2.75, 3.05) is 7.11 Å². The molecular weight excluding hydrogens is 251 g/mol. The molecular formula is C11H12F3NO3. The summed E-state index contributed by atoms with van der Waals surface area (Å²) in [5.41, 5.74) is 4.23. The van der Waals surface area contributed by atoms with Gasteiger partial charge in [-0.15, -0.1) is 0 Å². The number of alkyl halides is 3. The second-order valence-corrected chi connectivity index (χ2v) is 3.67. The van der Waals surface area contributed by atoms with Crippen molar-refractivity contribution in [1.82, 2.24) is 0 Å². The van der Waals surface area contributed by atoms with E-state index < -0.39 is 29.5 Å². The third-order valence-electron chi connectivity index (χ3n) is 2.34. The molecule has 0 aliphatic carbocycles. The first-order valence-corrected chi connectivity index (χ1v) is 4.98. The summed E-state index contributed by atoms with van der Waals surface area (Å²) in [7, 11) is 1.10. The number of ether oxygens (including phenoxy) is 1. The van der Waals surface area contributed by atoms with Crippen molar-refractivity contribution < 1.29 is 27.8 Å². The molecule has 18 heavy (non-hydrogen) atoms. The molecule has 1 aromatic rings. The van der Waals surface area contributed by atoms with Gasteiger partial charge in [0.2, 0.25) is 0 Å². The minimum absolute atomic E-state index is 0.168. The molecule has 0 aliphatic heterocycles. The van der Waals surface area contributed by atoms with E-state index in [0.29, 0.717) is 6.07 Å². The summed E-state index contributed by atoms with van der Waals surface area (Å²) < 4.78 is 42.4. The van der Waals surface area contributed by atoms with Gasteiger partial charge in [-0.25, -0.2) is 0 Å². The smallest absolute Gasteiger partial charge is 0.416 e. The first-order chi connectivity index (χ1) is 8.25. The van der Waals surface area contributed by atoms with Gasteiger partial charge in [-0.3, -0.25) is 4.79 Å². The molecule has 0 heterocycles. The van der Waals surface area contributed by atoms with Gasteiger partial charge in [0, 0.05) is 0 Å². The van der Waals surface area contributed by atoms with E-state index in [-0.39, 0.29) is 12.0 Å². The van der Waals surface area contributed by atoms with Gasteiger partial charge < -0.3 is 15.6 Å². The van der Waals surface area contributed by atoms with Crippen molar-refractivity contribution in [2.24, 2.45) is 5.73 Å². The highest BCUT2D eigenvalue weighted by molar-refractivity contribution is 5.75. The summed E-state index contributed by atoms with van der Waals surface area (Å²) in [4.78, 5) is 11.1. The molecule has 0 amide bonds. The standard InChI is InChI=1S/C11H12F3NO3/c1-18-10(17)9(15)4-6-2-3-7(16)5-8(6)11(12,13)14/h2-3,5,9,16H,4,15H2,1H3/t9-/m1/s1. The molecule has 0 saturated carbocycles. The predicted molar refractivity (Wildman–Crippen MR) is 56.8 cm³/mol. The fraction of sp³-hybridized carbons (Fsp3) is 0.364. The third-order valence-corrected chi connectivity index (χ3v) is 2.34. The lowest BCUT2D eigenvalue weighted by molar-refractivity contribution is -0.143. The highest BCUT2D eigenvalue weighted by Gasteiger charge is 2.34. The van der Waals surface area contributed by atoms with Crippen LogP contribution in [0.5, 0.6) is 5.75 Å². The third kappa shape index (κ3) is 3.36. The maximum absolute atomic E-state index is 12.7. The van der Waals surface area contributed by atoms with E-state index in [1.807, 2.05) is 0 Å². The van der Waals surface area contributed by atoms with Crippen molar-refractivity contribution in [3.05, 3.63) is 29.3 Å². The molecule has 0 fully saturated rings. The van der Waals surface area contributed by atoms with E-state index >= 15 is 0 Å². The van der Waals surface area contributed by atoms with Crippen LogP contribution in [0.4, 0.5) is 13.2 Å². The van der Waals surface area contributed by atoms with E-state index in [9.17, 15) is 18.0 Å². The number of phenols is 1. The van der Waals surface area contributed by atoms with Gasteiger partial charge >= 0.3 is 12.1 Å². The molecule has 100 valence electrons. The average Bonchev–Trinajstić information content (AvgIpc) is 2.28. The SMILES string of the molecule is COC(=O)[C@H](N)Cc1ccc(O)cc1C(F)(F)F. The molecule has 0 saturated heterocycles. The minimum atomic E-state index is -4.62. The van der Waals surface area contributed by atoms with Crippen LogP contribution >= 0.6 is 0 Å². The summed E-state index contributed by atoms with van der Waals surface area (Å²) in [6.45, 7) is 0. The zero-order chi connectivity index (χ0) is 13.9. The number of carbonyl (C=O) groups excluding carboxylic acids is 1. The highest BCUT2D eigenvalue weighted by Crippen LogP contribution is 2.34. The predicted octanol–water partition coefficient (Wildman–Crippen LogP) is 1.45. The van der Waals surface area contributed by atoms with Crippen LogP contribution in [0.25, 0.3) is 0 Å². The van der Waals surface area contributed by atoms with E-state index in [1.165, 1.54) is 0 Å². The number of aromatic hydroxyl groups is 1. The Morgan fingerprint density at radius 2 is 2.11 bits per heavy atom. The first kappa shape index (κ1) is 14.3. The summed E-state index contributed by atoms with van der Waals surface area (Å²) in [5, 5.41) is 9.07. The zero-order valence-corrected chi connectivity index (χ0v) is 9.49. The van der Waals surface area contributed by atoms with Crippen LogP contribution in [0.2, 0.25) is 0 Å². The van der Waals surface area contributed by atoms with Gasteiger partial charge in [0.15, 0.2) is 0 Å². The summed E-state index contributed by atoms with van der Waals surface area (Å²) in [6, 6.07) is 1.61. The molecule has 0 aromatic heterocycles. The zero-order valence-electron chi connectivity index (χ0n) is 9.49. The lowest BCUT2D eigenvalue weighted by Gasteiger charge is -2.15. The van der Waals surface area contributed by atoms with Crippen LogP contribution in [0.3, 0.4) is 0 Å². The van der Waals surface area contributed by atoms with Crippen LogP contribution in [0.15, 0.2) is 18.2 Å². The first-order valence-electron chi connectivity index (χ1n) is 4.98. The van der Waals surface area contributed by atoms with Crippen LogP contribution < -0.4 is 5.73 Å². The van der Waals surface area contributed by atoms with Crippen molar-refractivity contribution >= 4 is 5.97 Å². The Kier molecular flexibility index (Phi) is 4.18. The van der Waals surface area contributed by atoms with E-state index in [1.54, 1.807) is 0 Å². The number of carbonyl (C=O) groups is 1. The Labute approximate surface area is 101 Å². The number of rotatable bonds is 3. The summed E-state index contributed by atoms with van der Waals surface area (Å²) in [5.74, 6) is -1.30. The Bertz CT molecular complexity index is 446. The van der Waals surface area contributed by atoms with Crippen molar-refractivity contribution in [3.8, 4) is 5.75 Å². The average molecular weight is 263 g/mol. The van der Waals surface area contributed by atoms with Crippen molar-refractivity contribution in [1.29, 1.82) is 0 Å². The second kappa shape index (κ2) is 5.26. The van der Waals surface area contributed by atoms with Gasteiger partial charge in [-0.1, -0.05) is 6.07 Å². The van der Waals surface area contributed by atoms with Gasteiger partial charge in [0.25, 0.3) is 0 Å². The number of hydrogen-bond acceptors (Lipinski definition) is 4. The molecule has 1 rings (SSSR count). The maximum atomic E-state index is 12.7. The Morgan fingerprint density at radius 3 is 2.61 bits per heavy atom. The molecule has 0 unspecified atom stereocenters. The molecule has 0 bridgehead atoms. The summed E-state index contributed by atoms with van der Waals surface area (Å²) >= 11 is 0. The van der Waals surface area contributed by atoms with Crippen molar-refractivity contribution in [2.45, 2.75) is 18.6 Å². The topological polar surface area (TPSA) is 72.5 Å². The van der Waals surface area contributed by atoms with Crippen molar-refractivity contribution in [3.63, 3.8) is 0 Å². The Hall–Kier alpha value is -1.76. The molecule has 0 spiro atoms. The van der Waals surface area contributed by atoms with E-state index in [2.05, 4.69) is 4.74 Å². The summed E-state index contributed by atoms with van der Waals surface area (Å²) in [6.07, 6.45) is -4.94. The number of phenolic OH excluding ortho intramolecular Hbond substituents is 1. The molecule has 4 nitrogen and oxygen atoms in total. The lowest BCUT2D eigenvalue weighted by Crippen LogP contribution is -2.34. The van der Waals surface area contributed by atoms with E-state index in [0.717, 1.165) is 19.2 Å². The van der Waals surface area contributed by atoms with Gasteiger partial charge in [0.1, 0.15) is 11.8 Å². The van der Waals surface area contributed by atoms with Gasteiger partial charge in [-0.05, 0) is 24.1 Å². The van der Waals surface area contributed by atoms with Crippen LogP contribution in [0, 0.1) is 0 Å². The van der Waals surface area contributed by atoms with Crippen LogP contribution in [0.1, 0.15) is 11.1 Å². The normalized spacial score (nSPS) is 13.2. The largest absolute Gasteiger partial charge is 0.508 e. The molecule has 3 N–H and O–H groups in total. The quantitative estimate of drug-likeness (QED) is 0.810. The molecule has 1 atom stereocenters. The molecule has 0 radical (unpaired) electrons. The highest BCUT2D eigenvalue weighted by atomic mass is 19.4. The fourth-order valence-corrected chi connectivity index (χ4v) is 1.48. The Balaban J connectivity index is 3.06. The van der Waals surface area contributed by atoms with Crippen LogP contribution in [-0.4, -0.2) is 24.2 Å². The second-order valence-electron chi connectivity index (χ2n) is 3.67. The fourth-order valence-electron chi connectivity index (χ4n) is 1.48. The number of methoxy groups -OCH3 is 1. The van der Waals surface area contributed by atoms with Gasteiger partial charge in [0.05, 0.1) is 12.7 Å². The number of benzene rings is 1. The number of nitrogens with two attached hydrogens (primary N) is 1. The molecule has 7 heteroatoms. The monoisotopic (exact) mass is 263 g/mol. The molecule has 1 aromatic carbocycles. The Morgan fingerprint density at radius 1 is 1.50 bits per heavy atom. The van der Waals surface area contributed by atoms with Gasteiger partial charge in [-0.2, -0.15) is 13.2 Å². The lowest BCUT2D eigenvalue weighted by atomic mass is 10.00. The van der Waals surface area contributed by atoms with E-state index in [4.69, 9.17) is 10.8 Å². The van der Waals surface area contributed by atoms with Crippen LogP contribution in [-0.2, 0) is 22.1 Å².